The Bertz CT molecular complexity index is 604. The maximum atomic E-state index is 11.2. The summed E-state index contributed by atoms with van der Waals surface area (Å²) in [5, 5.41) is 10.2. The number of hydrogen-bond donors (Lipinski definition) is 2. The van der Waals surface area contributed by atoms with Gasteiger partial charge in [0, 0.05) is 24.1 Å². The highest BCUT2D eigenvalue weighted by atomic mass is 16.4. The van der Waals surface area contributed by atoms with Crippen LogP contribution in [-0.2, 0) is 11.8 Å². The van der Waals surface area contributed by atoms with E-state index in [0.29, 0.717) is 0 Å². The van der Waals surface area contributed by atoms with E-state index in [0.717, 1.165) is 16.5 Å². The molecular weight excluding hydrogens is 242 g/mol. The number of aryl methyl sites for hydroxylation is 1. The van der Waals surface area contributed by atoms with Gasteiger partial charge >= 0.3 is 5.97 Å². The number of benzene rings is 1. The summed E-state index contributed by atoms with van der Waals surface area (Å²) in [5.41, 5.74) is 7.86. The summed E-state index contributed by atoms with van der Waals surface area (Å²) >= 11 is 0. The number of aliphatic carboxylic acids is 1. The number of para-hydroxylation sites is 1. The third-order valence-electron chi connectivity index (χ3n) is 3.43. The Balaban J connectivity index is 2.60. The van der Waals surface area contributed by atoms with Crippen LogP contribution in [0, 0.1) is 0 Å². The molecule has 0 aliphatic heterocycles. The molecule has 2 unspecified atom stereocenters. The molecule has 0 saturated heterocycles. The molecule has 2 rings (SSSR count). The predicted octanol–water partition coefficient (Wildman–Crippen LogP) is 1.19. The molecule has 5 nitrogen and oxygen atoms in total. The number of aromatic nitrogens is 1. The first-order chi connectivity index (χ1) is 8.93. The number of carboxylic acid groups (broad SMARTS) is 1. The van der Waals surface area contributed by atoms with Gasteiger partial charge in [-0.05, 0) is 25.7 Å². The van der Waals surface area contributed by atoms with Crippen LogP contribution < -0.4 is 5.73 Å². The van der Waals surface area contributed by atoms with Crippen molar-refractivity contribution in [1.29, 1.82) is 0 Å². The smallest absolute Gasteiger partial charge is 0.322 e. The summed E-state index contributed by atoms with van der Waals surface area (Å²) in [6, 6.07) is 6.61. The van der Waals surface area contributed by atoms with E-state index >= 15 is 0 Å². The van der Waals surface area contributed by atoms with Crippen molar-refractivity contribution < 1.29 is 9.90 Å². The Morgan fingerprint density at radius 3 is 2.58 bits per heavy atom. The van der Waals surface area contributed by atoms with Crippen LogP contribution in [0.25, 0.3) is 10.9 Å². The molecule has 1 aromatic carbocycles. The lowest BCUT2D eigenvalue weighted by atomic mass is 9.98. The molecule has 2 atom stereocenters. The standard InChI is InChI=1S/C14H19N3O2/c1-16(2)13(12(15)14(18)19)10-8-17(3)11-7-5-4-6-9(10)11/h4-8,12-13H,15H2,1-3H3,(H,18,19). The van der Waals surface area contributed by atoms with Gasteiger partial charge in [0.15, 0.2) is 0 Å². The summed E-state index contributed by atoms with van der Waals surface area (Å²) in [7, 11) is 5.63. The van der Waals surface area contributed by atoms with Crippen LogP contribution in [0.4, 0.5) is 0 Å². The van der Waals surface area contributed by atoms with Crippen LogP contribution in [0.3, 0.4) is 0 Å². The number of carboxylic acids is 1. The molecule has 0 bridgehead atoms. The topological polar surface area (TPSA) is 71.5 Å². The lowest BCUT2D eigenvalue weighted by molar-refractivity contribution is -0.140. The minimum absolute atomic E-state index is 0.358. The maximum absolute atomic E-state index is 11.2. The number of likely N-dealkylation sites (N-methyl/N-ethyl adjacent to an activating group) is 1. The van der Waals surface area contributed by atoms with Gasteiger partial charge in [0.05, 0.1) is 6.04 Å². The minimum Gasteiger partial charge on any atom is -0.480 e. The molecule has 0 aliphatic carbocycles. The van der Waals surface area contributed by atoms with Crippen LogP contribution in [0.15, 0.2) is 30.5 Å². The van der Waals surface area contributed by atoms with E-state index in [1.165, 1.54) is 0 Å². The first-order valence-corrected chi connectivity index (χ1v) is 6.12. The second kappa shape index (κ2) is 5.03. The van der Waals surface area contributed by atoms with Crippen molar-refractivity contribution in [2.24, 2.45) is 12.8 Å². The van der Waals surface area contributed by atoms with E-state index in [4.69, 9.17) is 5.73 Å². The van der Waals surface area contributed by atoms with Crippen molar-refractivity contribution in [3.63, 3.8) is 0 Å². The molecule has 19 heavy (non-hydrogen) atoms. The number of nitrogens with two attached hydrogens (primary N) is 1. The lowest BCUT2D eigenvalue weighted by Gasteiger charge is -2.27. The molecule has 0 aliphatic rings. The monoisotopic (exact) mass is 261 g/mol. The van der Waals surface area contributed by atoms with Crippen molar-refractivity contribution in [1.82, 2.24) is 9.47 Å². The fourth-order valence-corrected chi connectivity index (χ4v) is 2.54. The highest BCUT2D eigenvalue weighted by Gasteiger charge is 2.30. The van der Waals surface area contributed by atoms with Crippen LogP contribution in [0.2, 0.25) is 0 Å². The van der Waals surface area contributed by atoms with Gasteiger partial charge in [-0.15, -0.1) is 0 Å². The minimum atomic E-state index is -0.994. The average molecular weight is 261 g/mol. The number of nitrogens with zero attached hydrogens (tertiary/aromatic N) is 2. The number of rotatable bonds is 4. The first kappa shape index (κ1) is 13.6. The maximum Gasteiger partial charge on any atom is 0.322 e. The van der Waals surface area contributed by atoms with E-state index in [2.05, 4.69) is 0 Å². The Labute approximate surface area is 112 Å². The quantitative estimate of drug-likeness (QED) is 0.867. The summed E-state index contributed by atoms with van der Waals surface area (Å²) in [6.07, 6.45) is 1.96. The molecule has 1 aromatic heterocycles. The second-order valence-corrected chi connectivity index (χ2v) is 4.98. The van der Waals surface area contributed by atoms with Gasteiger partial charge in [-0.2, -0.15) is 0 Å². The second-order valence-electron chi connectivity index (χ2n) is 4.98. The van der Waals surface area contributed by atoms with Gasteiger partial charge in [-0.3, -0.25) is 4.79 Å². The number of fused-ring (bicyclic) bond motifs is 1. The van der Waals surface area contributed by atoms with Gasteiger partial charge in [0.25, 0.3) is 0 Å². The third kappa shape index (κ3) is 2.34. The first-order valence-electron chi connectivity index (χ1n) is 6.12. The molecule has 0 spiro atoms. The van der Waals surface area contributed by atoms with Crippen molar-refractivity contribution in [3.05, 3.63) is 36.0 Å². The van der Waals surface area contributed by atoms with Gasteiger partial charge in [-0.1, -0.05) is 18.2 Å². The van der Waals surface area contributed by atoms with Gasteiger partial charge in [0.1, 0.15) is 6.04 Å². The van der Waals surface area contributed by atoms with Gasteiger partial charge in [-0.25, -0.2) is 0 Å². The Morgan fingerprint density at radius 2 is 2.00 bits per heavy atom. The summed E-state index contributed by atoms with van der Waals surface area (Å²) in [5.74, 6) is -0.994. The molecule has 102 valence electrons. The molecule has 2 aromatic rings. The zero-order valence-corrected chi connectivity index (χ0v) is 11.4. The fourth-order valence-electron chi connectivity index (χ4n) is 2.54. The highest BCUT2D eigenvalue weighted by molar-refractivity contribution is 5.86. The van der Waals surface area contributed by atoms with E-state index in [-0.39, 0.29) is 6.04 Å². The Hall–Kier alpha value is -1.85. The highest BCUT2D eigenvalue weighted by Crippen LogP contribution is 2.30. The summed E-state index contributed by atoms with van der Waals surface area (Å²) < 4.78 is 2.00. The molecule has 0 amide bonds. The fraction of sp³-hybridized carbons (Fsp3) is 0.357. The molecule has 1 heterocycles. The van der Waals surface area contributed by atoms with Gasteiger partial charge in [0.2, 0.25) is 0 Å². The molecular formula is C14H19N3O2. The van der Waals surface area contributed by atoms with Crippen LogP contribution in [0.5, 0.6) is 0 Å². The largest absolute Gasteiger partial charge is 0.480 e. The van der Waals surface area contributed by atoms with Crippen LogP contribution >= 0.6 is 0 Å². The molecule has 0 radical (unpaired) electrons. The van der Waals surface area contributed by atoms with E-state index in [1.807, 2.05) is 61.1 Å². The zero-order valence-electron chi connectivity index (χ0n) is 11.4. The summed E-state index contributed by atoms with van der Waals surface area (Å²) in [4.78, 5) is 13.1. The zero-order chi connectivity index (χ0) is 14.2. The number of hydrogen-bond acceptors (Lipinski definition) is 3. The molecule has 5 heteroatoms. The van der Waals surface area contributed by atoms with E-state index < -0.39 is 12.0 Å². The average Bonchev–Trinajstić information content (AvgIpc) is 2.67. The summed E-state index contributed by atoms with van der Waals surface area (Å²) in [6.45, 7) is 0. The molecule has 3 N–H and O–H groups in total. The Morgan fingerprint density at radius 1 is 1.37 bits per heavy atom. The van der Waals surface area contributed by atoms with Gasteiger partial charge < -0.3 is 20.3 Å². The van der Waals surface area contributed by atoms with Crippen molar-refractivity contribution in [2.75, 3.05) is 14.1 Å². The molecule has 0 fully saturated rings. The molecule has 0 saturated carbocycles. The number of carbonyl (C=O) groups is 1. The van der Waals surface area contributed by atoms with Crippen LogP contribution in [0.1, 0.15) is 11.6 Å². The Kier molecular flexibility index (Phi) is 3.59. The van der Waals surface area contributed by atoms with E-state index in [1.54, 1.807) is 0 Å². The normalized spacial score (nSPS) is 14.8. The third-order valence-corrected chi connectivity index (χ3v) is 3.43. The predicted molar refractivity (Wildman–Crippen MR) is 75.0 cm³/mol. The van der Waals surface area contributed by atoms with Crippen molar-refractivity contribution in [3.8, 4) is 0 Å². The SMILES string of the molecule is CN(C)C(c1cn(C)c2ccccc12)C(N)C(=O)O. The van der Waals surface area contributed by atoms with Crippen LogP contribution in [-0.4, -0.2) is 40.7 Å². The van der Waals surface area contributed by atoms with Crippen molar-refractivity contribution >= 4 is 16.9 Å². The van der Waals surface area contributed by atoms with E-state index in [9.17, 15) is 9.90 Å². The van der Waals surface area contributed by atoms with Crippen molar-refractivity contribution in [2.45, 2.75) is 12.1 Å². The lowest BCUT2D eigenvalue weighted by Crippen LogP contribution is -2.43.